The van der Waals surface area contributed by atoms with Crippen LogP contribution in [0.3, 0.4) is 0 Å². The van der Waals surface area contributed by atoms with Crippen LogP contribution < -0.4 is 4.90 Å². The predicted molar refractivity (Wildman–Crippen MR) is 114 cm³/mol. The van der Waals surface area contributed by atoms with E-state index >= 15 is 0 Å². The van der Waals surface area contributed by atoms with Crippen molar-refractivity contribution in [3.05, 3.63) is 64.7 Å². The number of pyridine rings is 1. The molecule has 0 unspecified atom stereocenters. The van der Waals surface area contributed by atoms with Gasteiger partial charge in [0, 0.05) is 17.1 Å². The van der Waals surface area contributed by atoms with Crippen LogP contribution in [-0.2, 0) is 11.2 Å². The molecule has 1 amide bonds. The highest BCUT2D eigenvalue weighted by molar-refractivity contribution is 8.00. The van der Waals surface area contributed by atoms with Gasteiger partial charge in [-0.2, -0.15) is 5.26 Å². The van der Waals surface area contributed by atoms with E-state index < -0.39 is 0 Å². The number of carbonyl (C=O) groups is 1. The lowest BCUT2D eigenvalue weighted by molar-refractivity contribution is -0.116. The zero-order chi connectivity index (χ0) is 19.8. The van der Waals surface area contributed by atoms with E-state index in [0.29, 0.717) is 10.6 Å². The number of rotatable bonds is 3. The molecule has 0 radical (unpaired) electrons. The number of anilines is 1. The van der Waals surface area contributed by atoms with E-state index in [0.717, 1.165) is 23.0 Å². The van der Waals surface area contributed by atoms with Gasteiger partial charge in [0.05, 0.1) is 16.8 Å². The molecule has 2 aromatic carbocycles. The smallest absolute Gasteiger partial charge is 0.237 e. The van der Waals surface area contributed by atoms with Gasteiger partial charge in [-0.3, -0.25) is 4.79 Å². The third-order valence-electron chi connectivity index (χ3n) is 5.32. The van der Waals surface area contributed by atoms with Crippen molar-refractivity contribution in [3.63, 3.8) is 0 Å². The van der Waals surface area contributed by atoms with Crippen molar-refractivity contribution >= 4 is 34.3 Å². The van der Waals surface area contributed by atoms with Gasteiger partial charge in [0.2, 0.25) is 5.91 Å². The molecule has 1 aliphatic rings. The van der Waals surface area contributed by atoms with E-state index in [1.165, 1.54) is 28.5 Å². The third kappa shape index (κ3) is 3.25. The average molecular weight is 388 g/mol. The SMILES string of the molecule is Cc1cc2cc(C#N)c(SCC(=O)N3c4ccccc4C[C@@H]3C)nc2cc1C. The van der Waals surface area contributed by atoms with E-state index in [9.17, 15) is 10.1 Å². The molecule has 0 fully saturated rings. The van der Waals surface area contributed by atoms with Gasteiger partial charge in [0.15, 0.2) is 0 Å². The lowest BCUT2D eigenvalue weighted by Gasteiger charge is -2.22. The van der Waals surface area contributed by atoms with Crippen molar-refractivity contribution in [3.8, 4) is 6.07 Å². The maximum absolute atomic E-state index is 12.9. The van der Waals surface area contributed by atoms with Crippen LogP contribution in [0, 0.1) is 25.2 Å². The Hall–Kier alpha value is -2.84. The Labute approximate surface area is 169 Å². The van der Waals surface area contributed by atoms with Gasteiger partial charge in [-0.15, -0.1) is 0 Å². The molecular formula is C23H21N3OS. The molecule has 0 N–H and O–H groups in total. The monoisotopic (exact) mass is 387 g/mol. The summed E-state index contributed by atoms with van der Waals surface area (Å²) in [5.41, 5.74) is 5.93. The number of thioether (sulfide) groups is 1. The summed E-state index contributed by atoms with van der Waals surface area (Å²) in [6.45, 7) is 6.18. The van der Waals surface area contributed by atoms with E-state index in [1.54, 1.807) is 0 Å². The Morgan fingerprint density at radius 2 is 2.00 bits per heavy atom. The number of amides is 1. The van der Waals surface area contributed by atoms with Crippen LogP contribution in [0.25, 0.3) is 10.9 Å². The number of hydrogen-bond acceptors (Lipinski definition) is 4. The Morgan fingerprint density at radius 3 is 2.79 bits per heavy atom. The van der Waals surface area contributed by atoms with Crippen molar-refractivity contribution in [2.75, 3.05) is 10.7 Å². The third-order valence-corrected chi connectivity index (χ3v) is 6.30. The first-order chi connectivity index (χ1) is 13.5. The van der Waals surface area contributed by atoms with Crippen LogP contribution in [-0.4, -0.2) is 22.7 Å². The van der Waals surface area contributed by atoms with Gasteiger partial charge >= 0.3 is 0 Å². The lowest BCUT2D eigenvalue weighted by Crippen LogP contribution is -2.37. The van der Waals surface area contributed by atoms with E-state index in [4.69, 9.17) is 0 Å². The summed E-state index contributed by atoms with van der Waals surface area (Å²) >= 11 is 1.34. The Kier molecular flexibility index (Phi) is 4.82. The summed E-state index contributed by atoms with van der Waals surface area (Å²) in [7, 11) is 0. The highest BCUT2D eigenvalue weighted by Gasteiger charge is 2.30. The second-order valence-electron chi connectivity index (χ2n) is 7.32. The summed E-state index contributed by atoms with van der Waals surface area (Å²) in [5, 5.41) is 11.1. The molecule has 1 atom stereocenters. The predicted octanol–water partition coefficient (Wildman–Crippen LogP) is 4.79. The summed E-state index contributed by atoms with van der Waals surface area (Å²) < 4.78 is 0. The van der Waals surface area contributed by atoms with Gasteiger partial charge in [-0.05, 0) is 68.1 Å². The Bertz CT molecular complexity index is 1130. The van der Waals surface area contributed by atoms with Crippen molar-refractivity contribution in [2.24, 2.45) is 0 Å². The van der Waals surface area contributed by atoms with Crippen LogP contribution in [0.4, 0.5) is 5.69 Å². The number of hydrogen-bond donors (Lipinski definition) is 0. The standard InChI is InChI=1S/C23H21N3OS/c1-14-8-18-11-19(12-24)23(25-20(18)9-15(14)2)28-13-22(27)26-16(3)10-17-6-4-5-7-21(17)26/h4-9,11,16H,10,13H2,1-3H3/t16-/m0/s1. The molecular weight excluding hydrogens is 366 g/mol. The normalized spacial score (nSPS) is 15.5. The molecule has 0 bridgehead atoms. The van der Waals surface area contributed by atoms with E-state index in [1.807, 2.05) is 35.2 Å². The topological polar surface area (TPSA) is 57.0 Å². The number of aromatic nitrogens is 1. The minimum absolute atomic E-state index is 0.0494. The molecule has 4 nitrogen and oxygen atoms in total. The molecule has 4 rings (SSSR count). The lowest BCUT2D eigenvalue weighted by atomic mass is 10.1. The van der Waals surface area contributed by atoms with Gasteiger partial charge in [-0.25, -0.2) is 4.98 Å². The number of nitrogens with zero attached hydrogens (tertiary/aromatic N) is 3. The van der Waals surface area contributed by atoms with E-state index in [2.05, 4.69) is 44.0 Å². The molecule has 0 saturated carbocycles. The van der Waals surface area contributed by atoms with Crippen molar-refractivity contribution in [1.82, 2.24) is 4.98 Å². The summed E-state index contributed by atoms with van der Waals surface area (Å²) in [5.74, 6) is 0.310. The van der Waals surface area contributed by atoms with Crippen LogP contribution >= 0.6 is 11.8 Å². The average Bonchev–Trinajstić information content (AvgIpc) is 3.02. The first-order valence-corrected chi connectivity index (χ1v) is 10.3. The molecule has 1 aromatic heterocycles. The second-order valence-corrected chi connectivity index (χ2v) is 8.28. The molecule has 0 spiro atoms. The molecule has 0 saturated heterocycles. The fraction of sp³-hybridized carbons (Fsp3) is 0.261. The zero-order valence-corrected chi connectivity index (χ0v) is 17.0. The summed E-state index contributed by atoms with van der Waals surface area (Å²) in [6, 6.07) is 16.4. The first kappa shape index (κ1) is 18.5. The van der Waals surface area contributed by atoms with Crippen LogP contribution in [0.5, 0.6) is 0 Å². The Morgan fingerprint density at radius 1 is 1.25 bits per heavy atom. The maximum atomic E-state index is 12.9. The van der Waals surface area contributed by atoms with Crippen molar-refractivity contribution < 1.29 is 4.79 Å². The quantitative estimate of drug-likeness (QED) is 0.606. The summed E-state index contributed by atoms with van der Waals surface area (Å²) in [4.78, 5) is 19.5. The van der Waals surface area contributed by atoms with E-state index in [-0.39, 0.29) is 17.7 Å². The molecule has 2 heterocycles. The van der Waals surface area contributed by atoms with Crippen LogP contribution in [0.2, 0.25) is 0 Å². The largest absolute Gasteiger partial charge is 0.308 e. The van der Waals surface area contributed by atoms with Gasteiger partial charge in [0.1, 0.15) is 11.1 Å². The Balaban J connectivity index is 1.59. The number of aryl methyl sites for hydroxylation is 2. The zero-order valence-electron chi connectivity index (χ0n) is 16.2. The number of nitriles is 1. The van der Waals surface area contributed by atoms with Gasteiger partial charge in [0.25, 0.3) is 0 Å². The van der Waals surface area contributed by atoms with Gasteiger partial charge in [-0.1, -0.05) is 30.0 Å². The molecule has 1 aliphatic heterocycles. The minimum atomic E-state index is 0.0494. The molecule has 140 valence electrons. The number of fused-ring (bicyclic) bond motifs is 2. The molecule has 0 aliphatic carbocycles. The molecule has 5 heteroatoms. The highest BCUT2D eigenvalue weighted by Crippen LogP contribution is 2.33. The fourth-order valence-corrected chi connectivity index (χ4v) is 4.58. The number of benzene rings is 2. The second kappa shape index (κ2) is 7.29. The number of carbonyl (C=O) groups excluding carboxylic acids is 1. The minimum Gasteiger partial charge on any atom is -0.308 e. The van der Waals surface area contributed by atoms with Crippen LogP contribution in [0.15, 0.2) is 47.5 Å². The number of para-hydroxylation sites is 1. The maximum Gasteiger partial charge on any atom is 0.237 e. The fourth-order valence-electron chi connectivity index (χ4n) is 3.76. The van der Waals surface area contributed by atoms with Gasteiger partial charge < -0.3 is 4.90 Å². The molecule has 28 heavy (non-hydrogen) atoms. The highest BCUT2D eigenvalue weighted by atomic mass is 32.2. The van der Waals surface area contributed by atoms with Crippen LogP contribution in [0.1, 0.15) is 29.2 Å². The van der Waals surface area contributed by atoms with Crippen molar-refractivity contribution in [1.29, 1.82) is 5.26 Å². The van der Waals surface area contributed by atoms with Crippen molar-refractivity contribution in [2.45, 2.75) is 38.3 Å². The summed E-state index contributed by atoms with van der Waals surface area (Å²) in [6.07, 6.45) is 0.878. The molecule has 3 aromatic rings. The first-order valence-electron chi connectivity index (χ1n) is 9.33.